The van der Waals surface area contributed by atoms with Gasteiger partial charge in [-0.05, 0) is 43.2 Å². The van der Waals surface area contributed by atoms with E-state index >= 15 is 0 Å². The normalized spacial score (nSPS) is 12.4. The lowest BCUT2D eigenvalue weighted by atomic mass is 9.96. The molecule has 1 heterocycles. The van der Waals surface area contributed by atoms with Crippen molar-refractivity contribution < 1.29 is 9.15 Å². The molecule has 0 bridgehead atoms. The van der Waals surface area contributed by atoms with Crippen molar-refractivity contribution in [3.63, 3.8) is 0 Å². The van der Waals surface area contributed by atoms with E-state index in [1.54, 1.807) is 13.4 Å². The van der Waals surface area contributed by atoms with E-state index in [9.17, 15) is 0 Å². The highest BCUT2D eigenvalue weighted by atomic mass is 16.5. The monoisotopic (exact) mass is 246 g/mol. The molecule has 2 rings (SSSR count). The van der Waals surface area contributed by atoms with Gasteiger partial charge in [-0.15, -0.1) is 0 Å². The van der Waals surface area contributed by atoms with Gasteiger partial charge in [0.1, 0.15) is 17.6 Å². The van der Waals surface area contributed by atoms with Gasteiger partial charge in [-0.1, -0.05) is 6.07 Å². The summed E-state index contributed by atoms with van der Waals surface area (Å²) < 4.78 is 10.9. The third kappa shape index (κ3) is 2.25. The van der Waals surface area contributed by atoms with Gasteiger partial charge in [0.05, 0.1) is 13.4 Å². The first-order valence-electron chi connectivity index (χ1n) is 5.82. The topological polar surface area (TPSA) is 60.4 Å². The van der Waals surface area contributed by atoms with E-state index in [0.29, 0.717) is 0 Å². The lowest BCUT2D eigenvalue weighted by Crippen LogP contribution is -2.29. The summed E-state index contributed by atoms with van der Waals surface area (Å²) in [4.78, 5) is 0. The van der Waals surface area contributed by atoms with E-state index in [2.05, 4.69) is 11.5 Å². The molecule has 18 heavy (non-hydrogen) atoms. The van der Waals surface area contributed by atoms with Crippen LogP contribution in [-0.2, 0) is 0 Å². The SMILES string of the molecule is COc1cc(C)cc(C)c1C(NN)c1ccco1. The molecule has 96 valence electrons. The number of rotatable bonds is 4. The Morgan fingerprint density at radius 3 is 2.67 bits per heavy atom. The van der Waals surface area contributed by atoms with E-state index in [0.717, 1.165) is 28.2 Å². The van der Waals surface area contributed by atoms with Crippen molar-refractivity contribution in [2.24, 2.45) is 5.84 Å². The third-order valence-electron chi connectivity index (χ3n) is 3.00. The van der Waals surface area contributed by atoms with Crippen molar-refractivity contribution in [2.75, 3.05) is 7.11 Å². The van der Waals surface area contributed by atoms with Gasteiger partial charge in [-0.25, -0.2) is 5.43 Å². The first-order chi connectivity index (χ1) is 8.67. The average molecular weight is 246 g/mol. The van der Waals surface area contributed by atoms with Gasteiger partial charge in [-0.3, -0.25) is 5.84 Å². The maximum Gasteiger partial charge on any atom is 0.126 e. The van der Waals surface area contributed by atoms with Gasteiger partial charge < -0.3 is 9.15 Å². The van der Waals surface area contributed by atoms with Crippen LogP contribution in [0.25, 0.3) is 0 Å². The van der Waals surface area contributed by atoms with Crippen LogP contribution in [0.1, 0.15) is 28.5 Å². The number of benzene rings is 1. The van der Waals surface area contributed by atoms with E-state index in [-0.39, 0.29) is 6.04 Å². The molecule has 0 spiro atoms. The zero-order valence-electron chi connectivity index (χ0n) is 10.9. The maximum absolute atomic E-state index is 5.66. The zero-order chi connectivity index (χ0) is 13.1. The second kappa shape index (κ2) is 5.25. The predicted molar refractivity (Wildman–Crippen MR) is 70.3 cm³/mol. The molecule has 0 radical (unpaired) electrons. The Kier molecular flexibility index (Phi) is 3.69. The van der Waals surface area contributed by atoms with Gasteiger partial charge in [-0.2, -0.15) is 0 Å². The molecule has 3 N–H and O–H groups in total. The minimum Gasteiger partial charge on any atom is -0.496 e. The van der Waals surface area contributed by atoms with Crippen molar-refractivity contribution in [3.05, 3.63) is 53.0 Å². The number of furan rings is 1. The summed E-state index contributed by atoms with van der Waals surface area (Å²) in [5.41, 5.74) is 6.06. The largest absolute Gasteiger partial charge is 0.496 e. The fourth-order valence-electron chi connectivity index (χ4n) is 2.24. The molecule has 4 heteroatoms. The average Bonchev–Trinajstić information content (AvgIpc) is 2.85. The molecule has 0 amide bonds. The highest BCUT2D eigenvalue weighted by molar-refractivity contribution is 5.47. The van der Waals surface area contributed by atoms with Crippen molar-refractivity contribution in [2.45, 2.75) is 19.9 Å². The molecule has 0 aliphatic carbocycles. The molecule has 1 unspecified atom stereocenters. The molecule has 0 saturated heterocycles. The Morgan fingerprint density at radius 2 is 2.11 bits per heavy atom. The Labute approximate surface area is 107 Å². The van der Waals surface area contributed by atoms with E-state index in [4.69, 9.17) is 15.0 Å². The Hall–Kier alpha value is -1.78. The van der Waals surface area contributed by atoms with Gasteiger partial charge >= 0.3 is 0 Å². The summed E-state index contributed by atoms with van der Waals surface area (Å²) in [5.74, 6) is 7.24. The number of nitrogens with two attached hydrogens (primary N) is 1. The number of ether oxygens (including phenoxy) is 1. The fraction of sp³-hybridized carbons (Fsp3) is 0.286. The van der Waals surface area contributed by atoms with Crippen LogP contribution in [0, 0.1) is 13.8 Å². The standard InChI is InChI=1S/C14H18N2O2/c1-9-7-10(2)13(12(8-9)17-3)14(16-15)11-5-4-6-18-11/h4-8,14,16H,15H2,1-3H3. The highest BCUT2D eigenvalue weighted by Gasteiger charge is 2.21. The minimum atomic E-state index is -0.212. The summed E-state index contributed by atoms with van der Waals surface area (Å²) in [6.45, 7) is 4.08. The summed E-state index contributed by atoms with van der Waals surface area (Å²) in [6.07, 6.45) is 1.63. The number of methoxy groups -OCH3 is 1. The van der Waals surface area contributed by atoms with Crippen LogP contribution in [0.2, 0.25) is 0 Å². The summed E-state index contributed by atoms with van der Waals surface area (Å²) in [7, 11) is 1.66. The maximum atomic E-state index is 5.66. The molecule has 1 atom stereocenters. The smallest absolute Gasteiger partial charge is 0.126 e. The van der Waals surface area contributed by atoms with Crippen LogP contribution in [0.3, 0.4) is 0 Å². The number of aryl methyl sites for hydroxylation is 2. The molecule has 0 fully saturated rings. The molecule has 1 aromatic carbocycles. The molecular formula is C14H18N2O2. The Morgan fingerprint density at radius 1 is 1.33 bits per heavy atom. The molecule has 0 aliphatic rings. The minimum absolute atomic E-state index is 0.212. The van der Waals surface area contributed by atoms with Crippen LogP contribution in [0.4, 0.5) is 0 Å². The van der Waals surface area contributed by atoms with Crippen molar-refractivity contribution in [1.82, 2.24) is 5.43 Å². The molecule has 4 nitrogen and oxygen atoms in total. The third-order valence-corrected chi connectivity index (χ3v) is 3.00. The van der Waals surface area contributed by atoms with Crippen LogP contribution < -0.4 is 16.0 Å². The first-order valence-corrected chi connectivity index (χ1v) is 5.82. The molecule has 2 aromatic rings. The van der Waals surface area contributed by atoms with Crippen molar-refractivity contribution >= 4 is 0 Å². The van der Waals surface area contributed by atoms with Crippen LogP contribution in [0.15, 0.2) is 34.9 Å². The lowest BCUT2D eigenvalue weighted by Gasteiger charge is -2.20. The molecule has 0 saturated carbocycles. The number of nitrogens with one attached hydrogen (secondary N) is 1. The second-order valence-corrected chi connectivity index (χ2v) is 4.31. The summed E-state index contributed by atoms with van der Waals surface area (Å²) >= 11 is 0. The van der Waals surface area contributed by atoms with E-state index in [1.807, 2.05) is 32.0 Å². The highest BCUT2D eigenvalue weighted by Crippen LogP contribution is 2.33. The zero-order valence-corrected chi connectivity index (χ0v) is 10.9. The number of hydrogen-bond donors (Lipinski definition) is 2. The summed E-state index contributed by atoms with van der Waals surface area (Å²) in [6, 6.07) is 7.62. The van der Waals surface area contributed by atoms with Crippen molar-refractivity contribution in [1.29, 1.82) is 0 Å². The quantitative estimate of drug-likeness (QED) is 0.642. The van der Waals surface area contributed by atoms with Gasteiger partial charge in [0, 0.05) is 5.56 Å². The van der Waals surface area contributed by atoms with E-state index in [1.165, 1.54) is 0 Å². The van der Waals surface area contributed by atoms with Gasteiger partial charge in [0.2, 0.25) is 0 Å². The fourth-order valence-corrected chi connectivity index (χ4v) is 2.24. The number of hydrogen-bond acceptors (Lipinski definition) is 4. The molecular weight excluding hydrogens is 228 g/mol. The molecule has 1 aromatic heterocycles. The van der Waals surface area contributed by atoms with Gasteiger partial charge in [0.25, 0.3) is 0 Å². The van der Waals surface area contributed by atoms with Crippen LogP contribution >= 0.6 is 0 Å². The van der Waals surface area contributed by atoms with E-state index < -0.39 is 0 Å². The molecule has 0 aliphatic heterocycles. The van der Waals surface area contributed by atoms with Crippen LogP contribution in [0.5, 0.6) is 5.75 Å². The van der Waals surface area contributed by atoms with Crippen molar-refractivity contribution in [3.8, 4) is 5.75 Å². The predicted octanol–water partition coefficient (Wildman–Crippen LogP) is 2.46. The summed E-state index contributed by atoms with van der Waals surface area (Å²) in [5, 5.41) is 0. The van der Waals surface area contributed by atoms with Gasteiger partial charge in [0.15, 0.2) is 0 Å². The van der Waals surface area contributed by atoms with Crippen LogP contribution in [-0.4, -0.2) is 7.11 Å². The number of hydrazine groups is 1. The first kappa shape index (κ1) is 12.7. The Bertz CT molecular complexity index is 521. The Balaban J connectivity index is 2.55. The lowest BCUT2D eigenvalue weighted by molar-refractivity contribution is 0.392. The second-order valence-electron chi connectivity index (χ2n) is 4.31.